The van der Waals surface area contributed by atoms with E-state index >= 15 is 0 Å². The van der Waals surface area contributed by atoms with Gasteiger partial charge in [0.1, 0.15) is 0 Å². The zero-order valence-corrected chi connectivity index (χ0v) is 14.6. The molecule has 4 heteroatoms. The van der Waals surface area contributed by atoms with Crippen molar-refractivity contribution in [3.63, 3.8) is 0 Å². The normalized spacial score (nSPS) is 16.2. The number of carbonyl (C=O) groups is 2. The molecular weight excluding hydrogens is 280 g/mol. The number of allylic oxidation sites excluding steroid dienone is 2. The van der Waals surface area contributed by atoms with Gasteiger partial charge in [0.15, 0.2) is 11.5 Å². The van der Waals surface area contributed by atoms with Crippen LogP contribution in [0.2, 0.25) is 0 Å². The van der Waals surface area contributed by atoms with Gasteiger partial charge in [0, 0.05) is 11.1 Å². The summed E-state index contributed by atoms with van der Waals surface area (Å²) in [6, 6.07) is 0. The van der Waals surface area contributed by atoms with Gasteiger partial charge >= 0.3 is 0 Å². The maximum Gasteiger partial charge on any atom is 0.233 e. The van der Waals surface area contributed by atoms with Gasteiger partial charge in [0.2, 0.25) is 11.6 Å². The lowest BCUT2D eigenvalue weighted by Gasteiger charge is -2.25. The summed E-state index contributed by atoms with van der Waals surface area (Å²) in [5.74, 6) is 0.595. The molecule has 0 bridgehead atoms. The van der Waals surface area contributed by atoms with Crippen LogP contribution >= 0.6 is 0 Å². The number of hydrogen-bond acceptors (Lipinski definition) is 4. The predicted octanol–water partition coefficient (Wildman–Crippen LogP) is 3.81. The lowest BCUT2D eigenvalue weighted by atomic mass is 9.85. The average molecular weight is 308 g/mol. The van der Waals surface area contributed by atoms with Gasteiger partial charge in [-0.1, -0.05) is 27.7 Å². The molecule has 0 radical (unpaired) electrons. The second-order valence-electron chi connectivity index (χ2n) is 6.34. The van der Waals surface area contributed by atoms with Crippen molar-refractivity contribution in [2.75, 3.05) is 13.2 Å². The molecule has 1 rings (SSSR count). The highest BCUT2D eigenvalue weighted by molar-refractivity contribution is 6.50. The smallest absolute Gasteiger partial charge is 0.233 e. The zero-order chi connectivity index (χ0) is 16.9. The van der Waals surface area contributed by atoms with Crippen LogP contribution in [0.15, 0.2) is 22.7 Å². The lowest BCUT2D eigenvalue weighted by Crippen LogP contribution is -2.29. The summed E-state index contributed by atoms with van der Waals surface area (Å²) >= 11 is 0. The second-order valence-corrected chi connectivity index (χ2v) is 6.34. The monoisotopic (exact) mass is 308 g/mol. The molecule has 0 aliphatic heterocycles. The van der Waals surface area contributed by atoms with Gasteiger partial charge in [-0.15, -0.1) is 0 Å². The molecular formula is C18H28O4. The summed E-state index contributed by atoms with van der Waals surface area (Å²) in [4.78, 5) is 25.0. The molecule has 1 aliphatic rings. The van der Waals surface area contributed by atoms with Crippen molar-refractivity contribution in [2.24, 2.45) is 11.8 Å². The summed E-state index contributed by atoms with van der Waals surface area (Å²) in [5, 5.41) is 0. The van der Waals surface area contributed by atoms with Crippen molar-refractivity contribution in [2.45, 2.75) is 54.4 Å². The van der Waals surface area contributed by atoms with E-state index in [2.05, 4.69) is 0 Å². The quantitative estimate of drug-likeness (QED) is 0.505. The Morgan fingerprint density at radius 1 is 0.727 bits per heavy atom. The van der Waals surface area contributed by atoms with Crippen molar-refractivity contribution < 1.29 is 19.1 Å². The van der Waals surface area contributed by atoms with Crippen LogP contribution in [0.25, 0.3) is 0 Å². The Labute approximate surface area is 133 Å². The molecule has 0 saturated heterocycles. The minimum Gasteiger partial charge on any atom is -0.490 e. The van der Waals surface area contributed by atoms with Crippen molar-refractivity contribution in [3.05, 3.63) is 22.7 Å². The maximum atomic E-state index is 12.5. The van der Waals surface area contributed by atoms with Crippen LogP contribution in [0.3, 0.4) is 0 Å². The van der Waals surface area contributed by atoms with Crippen molar-refractivity contribution in [1.29, 1.82) is 0 Å². The average Bonchev–Trinajstić information content (AvgIpc) is 2.43. The number of ketones is 2. The van der Waals surface area contributed by atoms with Gasteiger partial charge in [-0.05, 0) is 38.5 Å². The molecule has 124 valence electrons. The number of carbonyl (C=O) groups excluding carboxylic acids is 2. The van der Waals surface area contributed by atoms with E-state index in [0.717, 1.165) is 0 Å². The molecule has 0 spiro atoms. The van der Waals surface area contributed by atoms with E-state index in [4.69, 9.17) is 9.47 Å². The standard InChI is InChI=1S/C18H28O4/c1-7-21-17-13(9-11(3)4)15(19)16(20)14(10-12(5)6)18(17)22-8-2/h11-12H,7-10H2,1-6H3. The van der Waals surface area contributed by atoms with Gasteiger partial charge in [0.25, 0.3) is 0 Å². The second kappa shape index (κ2) is 8.16. The predicted molar refractivity (Wildman–Crippen MR) is 86.2 cm³/mol. The topological polar surface area (TPSA) is 52.6 Å². The highest BCUT2D eigenvalue weighted by Gasteiger charge is 2.37. The molecule has 0 atom stereocenters. The Kier molecular flexibility index (Phi) is 6.85. The third-order valence-electron chi connectivity index (χ3n) is 3.31. The largest absolute Gasteiger partial charge is 0.490 e. The Morgan fingerprint density at radius 3 is 1.27 bits per heavy atom. The fourth-order valence-corrected chi connectivity index (χ4v) is 2.54. The van der Waals surface area contributed by atoms with E-state index < -0.39 is 11.6 Å². The number of ether oxygens (including phenoxy) is 2. The van der Waals surface area contributed by atoms with Crippen LogP contribution in [0, 0.1) is 11.8 Å². The summed E-state index contributed by atoms with van der Waals surface area (Å²) in [6.45, 7) is 12.7. The van der Waals surface area contributed by atoms with Crippen molar-refractivity contribution in [3.8, 4) is 0 Å². The molecule has 4 nitrogen and oxygen atoms in total. The summed E-state index contributed by atoms with van der Waals surface area (Å²) in [7, 11) is 0. The minimum absolute atomic E-state index is 0.261. The molecule has 0 N–H and O–H groups in total. The Morgan fingerprint density at radius 2 is 1.05 bits per heavy atom. The number of Topliss-reactive ketones (excluding diaryl/α,β-unsaturated/α-hetero) is 2. The Hall–Kier alpha value is -1.58. The van der Waals surface area contributed by atoms with E-state index in [-0.39, 0.29) is 11.8 Å². The van der Waals surface area contributed by atoms with Gasteiger partial charge in [-0.2, -0.15) is 0 Å². The molecule has 0 amide bonds. The van der Waals surface area contributed by atoms with Gasteiger partial charge in [0.05, 0.1) is 13.2 Å². The molecule has 0 saturated carbocycles. The van der Waals surface area contributed by atoms with E-state index in [1.54, 1.807) is 0 Å². The molecule has 0 fully saturated rings. The van der Waals surface area contributed by atoms with E-state index in [9.17, 15) is 9.59 Å². The van der Waals surface area contributed by atoms with Crippen LogP contribution in [-0.2, 0) is 19.1 Å². The Bertz CT molecular complexity index is 449. The molecule has 0 aromatic carbocycles. The number of rotatable bonds is 8. The van der Waals surface area contributed by atoms with Gasteiger partial charge in [-0.25, -0.2) is 0 Å². The Balaban J connectivity index is 3.46. The fraction of sp³-hybridized carbons (Fsp3) is 0.667. The summed E-state index contributed by atoms with van der Waals surface area (Å²) < 4.78 is 11.4. The highest BCUT2D eigenvalue weighted by atomic mass is 16.5. The molecule has 0 aromatic heterocycles. The van der Waals surface area contributed by atoms with Crippen molar-refractivity contribution >= 4 is 11.6 Å². The maximum absolute atomic E-state index is 12.5. The first kappa shape index (κ1) is 18.5. The third kappa shape index (κ3) is 4.21. The first-order valence-electron chi connectivity index (χ1n) is 8.14. The van der Waals surface area contributed by atoms with Crippen LogP contribution in [0.1, 0.15) is 54.4 Å². The first-order chi connectivity index (χ1) is 10.3. The SMILES string of the molecule is CCOC1=C(CC(C)C)C(=O)C(=O)C(CC(C)C)=C1OCC. The van der Waals surface area contributed by atoms with Gasteiger partial charge < -0.3 is 9.47 Å². The first-order valence-corrected chi connectivity index (χ1v) is 8.14. The summed E-state index contributed by atoms with van der Waals surface area (Å²) in [5.41, 5.74) is 0.913. The minimum atomic E-state index is -0.434. The fourth-order valence-electron chi connectivity index (χ4n) is 2.54. The van der Waals surface area contributed by atoms with Gasteiger partial charge in [-0.3, -0.25) is 9.59 Å². The highest BCUT2D eigenvalue weighted by Crippen LogP contribution is 2.34. The summed E-state index contributed by atoms with van der Waals surface area (Å²) in [6.07, 6.45) is 1.04. The molecule has 0 unspecified atom stereocenters. The zero-order valence-electron chi connectivity index (χ0n) is 14.6. The van der Waals surface area contributed by atoms with Crippen molar-refractivity contribution in [1.82, 2.24) is 0 Å². The van der Waals surface area contributed by atoms with Crippen LogP contribution < -0.4 is 0 Å². The molecule has 0 aromatic rings. The van der Waals surface area contributed by atoms with Crippen LogP contribution in [-0.4, -0.2) is 24.8 Å². The lowest BCUT2D eigenvalue weighted by molar-refractivity contribution is -0.133. The molecule has 0 heterocycles. The van der Waals surface area contributed by atoms with E-state index in [1.807, 2.05) is 41.5 Å². The van der Waals surface area contributed by atoms with E-state index in [0.29, 0.717) is 48.7 Å². The third-order valence-corrected chi connectivity index (χ3v) is 3.31. The molecule has 1 aliphatic carbocycles. The van der Waals surface area contributed by atoms with Crippen LogP contribution in [0.4, 0.5) is 0 Å². The molecule has 22 heavy (non-hydrogen) atoms. The van der Waals surface area contributed by atoms with Crippen LogP contribution in [0.5, 0.6) is 0 Å². The van der Waals surface area contributed by atoms with E-state index in [1.165, 1.54) is 0 Å². The number of hydrogen-bond donors (Lipinski definition) is 0.